The maximum absolute atomic E-state index is 3.51. The molecule has 0 saturated heterocycles. The molecule has 0 aliphatic heterocycles. The van der Waals surface area contributed by atoms with E-state index in [4.69, 9.17) is 0 Å². The Bertz CT molecular complexity index is 485. The van der Waals surface area contributed by atoms with Crippen LogP contribution in [0.25, 0.3) is 0 Å². The quantitative estimate of drug-likeness (QED) is 0.730. The number of hydrogen-bond donors (Lipinski definition) is 2. The predicted octanol–water partition coefficient (Wildman–Crippen LogP) is 4.34. The van der Waals surface area contributed by atoms with Gasteiger partial charge >= 0.3 is 0 Å². The number of para-hydroxylation sites is 2. The van der Waals surface area contributed by atoms with E-state index in [1.807, 2.05) is 0 Å². The van der Waals surface area contributed by atoms with E-state index in [0.717, 1.165) is 25.9 Å². The van der Waals surface area contributed by atoms with Crippen LogP contribution in [0.1, 0.15) is 25.0 Å². The molecule has 2 aromatic rings. The minimum Gasteiger partial charge on any atom is -0.383 e. The van der Waals surface area contributed by atoms with Crippen LogP contribution < -0.4 is 10.6 Å². The molecule has 0 atom stereocenters. The Morgan fingerprint density at radius 2 is 1.05 bits per heavy atom. The smallest absolute Gasteiger partial charge is 0.0373 e. The van der Waals surface area contributed by atoms with Gasteiger partial charge in [0.2, 0.25) is 0 Å². The van der Waals surface area contributed by atoms with Crippen molar-refractivity contribution in [1.29, 1.82) is 0 Å². The van der Waals surface area contributed by atoms with E-state index < -0.39 is 0 Å². The van der Waals surface area contributed by atoms with Crippen molar-refractivity contribution in [2.24, 2.45) is 0 Å². The third-order valence-electron chi connectivity index (χ3n) is 3.55. The minimum absolute atomic E-state index is 0.926. The molecule has 2 aromatic carbocycles. The van der Waals surface area contributed by atoms with Gasteiger partial charge in [-0.3, -0.25) is 0 Å². The van der Waals surface area contributed by atoms with Crippen molar-refractivity contribution < 1.29 is 0 Å². The van der Waals surface area contributed by atoms with E-state index in [0.29, 0.717) is 0 Å². The van der Waals surface area contributed by atoms with Crippen LogP contribution in [0.2, 0.25) is 0 Å². The molecule has 0 aliphatic rings. The first kappa shape index (κ1) is 14.4. The molecule has 0 bridgehead atoms. The predicted molar refractivity (Wildman–Crippen MR) is 88.6 cm³/mol. The summed E-state index contributed by atoms with van der Waals surface area (Å²) in [4.78, 5) is 0. The Morgan fingerprint density at radius 3 is 1.45 bits per heavy atom. The molecule has 2 N–H and O–H groups in total. The molecule has 0 aromatic heterocycles. The fourth-order valence-electron chi connectivity index (χ4n) is 2.40. The van der Waals surface area contributed by atoms with Gasteiger partial charge in [-0.05, 0) is 36.1 Å². The van der Waals surface area contributed by atoms with Gasteiger partial charge < -0.3 is 10.6 Å². The zero-order chi connectivity index (χ0) is 14.2. The van der Waals surface area contributed by atoms with E-state index >= 15 is 0 Å². The Morgan fingerprint density at radius 1 is 0.650 bits per heavy atom. The van der Waals surface area contributed by atoms with Crippen molar-refractivity contribution in [2.75, 3.05) is 23.7 Å². The average Bonchev–Trinajstić information content (AvgIpc) is 2.52. The lowest BCUT2D eigenvalue weighted by atomic mass is 10.1. The van der Waals surface area contributed by atoms with Crippen LogP contribution in [0, 0.1) is 0 Å². The minimum atomic E-state index is 0.926. The molecule has 0 fully saturated rings. The Kier molecular flexibility index (Phi) is 5.48. The van der Waals surface area contributed by atoms with Crippen molar-refractivity contribution in [3.8, 4) is 0 Å². The molecule has 0 amide bonds. The highest BCUT2D eigenvalue weighted by Gasteiger charge is 2.00. The number of benzene rings is 2. The summed E-state index contributed by atoms with van der Waals surface area (Å²) in [5, 5.41) is 7.02. The fraction of sp³-hybridized carbons (Fsp3) is 0.333. The van der Waals surface area contributed by atoms with E-state index in [-0.39, 0.29) is 0 Å². The topological polar surface area (TPSA) is 24.1 Å². The summed E-state index contributed by atoms with van der Waals surface area (Å²) in [5.74, 6) is 0. The molecule has 0 radical (unpaired) electrons. The number of hydrogen-bond acceptors (Lipinski definition) is 2. The van der Waals surface area contributed by atoms with Gasteiger partial charge in [0.25, 0.3) is 0 Å². The lowest BCUT2D eigenvalue weighted by Crippen LogP contribution is -2.15. The highest BCUT2D eigenvalue weighted by molar-refractivity contribution is 5.53. The lowest BCUT2D eigenvalue weighted by molar-refractivity contribution is 1.04. The van der Waals surface area contributed by atoms with Gasteiger partial charge in [-0.25, -0.2) is 0 Å². The van der Waals surface area contributed by atoms with Gasteiger partial charge in [0.15, 0.2) is 0 Å². The Labute approximate surface area is 122 Å². The summed E-state index contributed by atoms with van der Waals surface area (Å²) in [6, 6.07) is 17.0. The second kappa shape index (κ2) is 7.59. The van der Waals surface area contributed by atoms with Gasteiger partial charge in [0.1, 0.15) is 0 Å². The first-order valence-corrected chi connectivity index (χ1v) is 7.48. The molecule has 20 heavy (non-hydrogen) atoms. The maximum atomic E-state index is 3.51. The fourth-order valence-corrected chi connectivity index (χ4v) is 2.40. The van der Waals surface area contributed by atoms with Crippen molar-refractivity contribution >= 4 is 11.4 Å². The van der Waals surface area contributed by atoms with Crippen molar-refractivity contribution in [2.45, 2.75) is 26.7 Å². The summed E-state index contributed by atoms with van der Waals surface area (Å²) in [6.07, 6.45) is 2.13. The molecule has 2 heteroatoms. The SMILES string of the molecule is CCc1ccccc1NCCNc1ccccc1CC. The van der Waals surface area contributed by atoms with E-state index in [2.05, 4.69) is 73.0 Å². The highest BCUT2D eigenvalue weighted by Crippen LogP contribution is 2.16. The van der Waals surface area contributed by atoms with Gasteiger partial charge in [-0.1, -0.05) is 50.2 Å². The Hall–Kier alpha value is -1.96. The summed E-state index contributed by atoms with van der Waals surface area (Å²) in [6.45, 7) is 6.23. The monoisotopic (exact) mass is 268 g/mol. The molecule has 2 nitrogen and oxygen atoms in total. The molecular weight excluding hydrogens is 244 g/mol. The third-order valence-corrected chi connectivity index (χ3v) is 3.55. The van der Waals surface area contributed by atoms with Crippen molar-refractivity contribution in [1.82, 2.24) is 0 Å². The van der Waals surface area contributed by atoms with Crippen LogP contribution in [0.5, 0.6) is 0 Å². The van der Waals surface area contributed by atoms with Crippen LogP contribution in [-0.2, 0) is 12.8 Å². The molecule has 106 valence electrons. The average molecular weight is 268 g/mol. The van der Waals surface area contributed by atoms with Crippen LogP contribution in [0.15, 0.2) is 48.5 Å². The van der Waals surface area contributed by atoms with Gasteiger partial charge in [0.05, 0.1) is 0 Å². The van der Waals surface area contributed by atoms with Crippen LogP contribution in [0.4, 0.5) is 11.4 Å². The van der Waals surface area contributed by atoms with Crippen molar-refractivity contribution in [3.63, 3.8) is 0 Å². The molecule has 0 aliphatic carbocycles. The Balaban J connectivity index is 1.84. The van der Waals surface area contributed by atoms with E-state index in [1.54, 1.807) is 0 Å². The van der Waals surface area contributed by atoms with Gasteiger partial charge in [-0.15, -0.1) is 0 Å². The van der Waals surface area contributed by atoms with Gasteiger partial charge in [0, 0.05) is 24.5 Å². The second-order valence-electron chi connectivity index (χ2n) is 4.87. The molecule has 0 unspecified atom stereocenters. The number of anilines is 2. The molecule has 0 heterocycles. The number of rotatable bonds is 7. The summed E-state index contributed by atoms with van der Waals surface area (Å²) in [5.41, 5.74) is 5.25. The zero-order valence-corrected chi connectivity index (χ0v) is 12.4. The summed E-state index contributed by atoms with van der Waals surface area (Å²) in [7, 11) is 0. The van der Waals surface area contributed by atoms with Crippen LogP contribution in [0.3, 0.4) is 0 Å². The van der Waals surface area contributed by atoms with Gasteiger partial charge in [-0.2, -0.15) is 0 Å². The molecule has 0 spiro atoms. The van der Waals surface area contributed by atoms with E-state index in [1.165, 1.54) is 22.5 Å². The third kappa shape index (κ3) is 3.77. The molecule has 2 rings (SSSR count). The molecular formula is C18H24N2. The zero-order valence-electron chi connectivity index (χ0n) is 12.4. The summed E-state index contributed by atoms with van der Waals surface area (Å²) < 4.78 is 0. The van der Waals surface area contributed by atoms with Crippen molar-refractivity contribution in [3.05, 3.63) is 59.7 Å². The summed E-state index contributed by atoms with van der Waals surface area (Å²) >= 11 is 0. The van der Waals surface area contributed by atoms with Crippen LogP contribution in [-0.4, -0.2) is 13.1 Å². The lowest BCUT2D eigenvalue weighted by Gasteiger charge is -2.13. The largest absolute Gasteiger partial charge is 0.383 e. The first-order chi connectivity index (χ1) is 9.85. The maximum Gasteiger partial charge on any atom is 0.0373 e. The highest BCUT2D eigenvalue weighted by atomic mass is 14.9. The van der Waals surface area contributed by atoms with E-state index in [9.17, 15) is 0 Å². The second-order valence-corrected chi connectivity index (χ2v) is 4.87. The van der Waals surface area contributed by atoms with Crippen LogP contribution >= 0.6 is 0 Å². The molecule has 0 saturated carbocycles. The number of aryl methyl sites for hydroxylation is 2. The first-order valence-electron chi connectivity index (χ1n) is 7.48. The normalized spacial score (nSPS) is 10.3. The standard InChI is InChI=1S/C18H24N2/c1-3-15-9-5-7-11-17(15)19-13-14-20-18-12-8-6-10-16(18)4-2/h5-12,19-20H,3-4,13-14H2,1-2H3. The number of nitrogens with one attached hydrogen (secondary N) is 2.